The average molecular weight is 336 g/mol. The van der Waals surface area contributed by atoms with Crippen molar-refractivity contribution in [2.75, 3.05) is 51.2 Å². The Balaban J connectivity index is 1.58. The van der Waals surface area contributed by atoms with Crippen molar-refractivity contribution in [1.82, 2.24) is 9.80 Å². The van der Waals surface area contributed by atoms with Crippen molar-refractivity contribution in [3.8, 4) is 0 Å². The number of carbonyl (C=O) groups is 1. The van der Waals surface area contributed by atoms with E-state index in [1.165, 1.54) is 11.3 Å². The zero-order valence-corrected chi connectivity index (χ0v) is 14.9. The molecule has 0 saturated carbocycles. The number of anilines is 1. The number of hydrogen-bond acceptors (Lipinski definition) is 3. The van der Waals surface area contributed by atoms with Crippen LogP contribution in [-0.2, 0) is 4.79 Å². The smallest absolute Gasteiger partial charge is 0.225 e. The highest BCUT2D eigenvalue weighted by Crippen LogP contribution is 2.26. The molecular weight excluding hydrogens is 310 g/mol. The van der Waals surface area contributed by atoms with Gasteiger partial charge in [-0.15, -0.1) is 0 Å². The van der Waals surface area contributed by atoms with E-state index in [0.29, 0.717) is 5.91 Å². The summed E-state index contributed by atoms with van der Waals surface area (Å²) in [6.07, 6.45) is 2.01. The molecule has 0 bridgehead atoms. The molecule has 0 N–H and O–H groups in total. The number of nitrogens with zero attached hydrogens (tertiary/aromatic N) is 3. The molecule has 2 fully saturated rings. The van der Waals surface area contributed by atoms with Crippen LogP contribution in [-0.4, -0.2) is 62.0 Å². The molecule has 3 rings (SSSR count). The second-order valence-corrected chi connectivity index (χ2v) is 7.26. The second kappa shape index (κ2) is 7.10. The largest absolute Gasteiger partial charge is 0.368 e. The van der Waals surface area contributed by atoms with Gasteiger partial charge in [0.1, 0.15) is 0 Å². The van der Waals surface area contributed by atoms with Crippen LogP contribution in [0.25, 0.3) is 0 Å². The van der Waals surface area contributed by atoms with Crippen molar-refractivity contribution >= 4 is 23.2 Å². The predicted molar refractivity (Wildman–Crippen MR) is 95.2 cm³/mol. The summed E-state index contributed by atoms with van der Waals surface area (Å²) >= 11 is 6.13. The molecule has 0 unspecified atom stereocenters. The van der Waals surface area contributed by atoms with Gasteiger partial charge in [0.15, 0.2) is 0 Å². The van der Waals surface area contributed by atoms with E-state index in [-0.39, 0.29) is 5.92 Å². The highest BCUT2D eigenvalue weighted by Gasteiger charge is 2.29. The van der Waals surface area contributed by atoms with Gasteiger partial charge in [0.2, 0.25) is 5.91 Å². The average Bonchev–Trinajstić information content (AvgIpc) is 2.57. The molecule has 4 nitrogen and oxygen atoms in total. The number of amides is 1. The Morgan fingerprint density at radius 3 is 2.39 bits per heavy atom. The second-order valence-electron chi connectivity index (χ2n) is 6.82. The molecule has 0 atom stereocenters. The molecule has 23 heavy (non-hydrogen) atoms. The first kappa shape index (κ1) is 16.6. The predicted octanol–water partition coefficient (Wildman–Crippen LogP) is 2.64. The molecule has 0 aromatic heterocycles. The molecule has 126 valence electrons. The lowest BCUT2D eigenvalue weighted by Gasteiger charge is -2.39. The zero-order valence-electron chi connectivity index (χ0n) is 14.1. The first-order chi connectivity index (χ1) is 11.0. The number of hydrogen-bond donors (Lipinski definition) is 0. The zero-order chi connectivity index (χ0) is 16.4. The fraction of sp³-hybridized carbons (Fsp3) is 0.611. The fourth-order valence-corrected chi connectivity index (χ4v) is 3.77. The first-order valence-corrected chi connectivity index (χ1v) is 8.91. The summed E-state index contributed by atoms with van der Waals surface area (Å²) < 4.78 is 0. The lowest BCUT2D eigenvalue weighted by Crippen LogP contribution is -2.51. The minimum atomic E-state index is 0.227. The molecular formula is C18H26ClN3O. The minimum Gasteiger partial charge on any atom is -0.368 e. The van der Waals surface area contributed by atoms with E-state index in [9.17, 15) is 4.79 Å². The van der Waals surface area contributed by atoms with E-state index in [4.69, 9.17) is 11.6 Å². The van der Waals surface area contributed by atoms with Gasteiger partial charge < -0.3 is 14.7 Å². The Labute approximate surface area is 144 Å². The maximum Gasteiger partial charge on any atom is 0.225 e. The molecule has 2 heterocycles. The van der Waals surface area contributed by atoms with E-state index in [1.54, 1.807) is 0 Å². The van der Waals surface area contributed by atoms with E-state index < -0.39 is 0 Å². The standard InChI is InChI=1S/C18H26ClN3O/c1-14-3-4-16(19)13-17(14)21-9-11-22(12-10-21)18(23)15-5-7-20(2)8-6-15/h3-4,13,15H,5-12H2,1-2H3. The molecule has 0 spiro atoms. The SMILES string of the molecule is Cc1ccc(Cl)cc1N1CCN(C(=O)C2CCN(C)CC2)CC1. The van der Waals surface area contributed by atoms with Crippen LogP contribution in [0.1, 0.15) is 18.4 Å². The van der Waals surface area contributed by atoms with Gasteiger partial charge in [-0.3, -0.25) is 4.79 Å². The van der Waals surface area contributed by atoms with Crippen LogP contribution in [0, 0.1) is 12.8 Å². The van der Waals surface area contributed by atoms with Crippen LogP contribution in [0.3, 0.4) is 0 Å². The molecule has 2 aliphatic rings. The van der Waals surface area contributed by atoms with Gasteiger partial charge in [-0.2, -0.15) is 0 Å². The number of aryl methyl sites for hydroxylation is 1. The summed E-state index contributed by atoms with van der Waals surface area (Å²) in [6, 6.07) is 6.03. The molecule has 0 aliphatic carbocycles. The third kappa shape index (κ3) is 3.81. The summed E-state index contributed by atoms with van der Waals surface area (Å²) in [4.78, 5) is 19.4. The van der Waals surface area contributed by atoms with Crippen molar-refractivity contribution in [2.24, 2.45) is 5.92 Å². The van der Waals surface area contributed by atoms with Gasteiger partial charge in [-0.05, 0) is 57.6 Å². The Bertz CT molecular complexity index is 561. The van der Waals surface area contributed by atoms with Crippen LogP contribution < -0.4 is 4.90 Å². The van der Waals surface area contributed by atoms with Crippen molar-refractivity contribution in [2.45, 2.75) is 19.8 Å². The molecule has 0 radical (unpaired) electrons. The lowest BCUT2D eigenvalue weighted by molar-refractivity contribution is -0.137. The van der Waals surface area contributed by atoms with Gasteiger partial charge in [0.25, 0.3) is 0 Å². The van der Waals surface area contributed by atoms with E-state index in [1.807, 2.05) is 12.1 Å². The molecule has 1 aromatic rings. The molecule has 2 aliphatic heterocycles. The van der Waals surface area contributed by atoms with Gasteiger partial charge >= 0.3 is 0 Å². The minimum absolute atomic E-state index is 0.227. The quantitative estimate of drug-likeness (QED) is 0.831. The Morgan fingerprint density at radius 1 is 1.09 bits per heavy atom. The highest BCUT2D eigenvalue weighted by atomic mass is 35.5. The van der Waals surface area contributed by atoms with Gasteiger partial charge in [0, 0.05) is 42.8 Å². The fourth-order valence-electron chi connectivity index (χ4n) is 3.60. The van der Waals surface area contributed by atoms with Gasteiger partial charge in [-0.25, -0.2) is 0 Å². The van der Waals surface area contributed by atoms with Crippen LogP contribution >= 0.6 is 11.6 Å². The normalized spacial score (nSPS) is 20.8. The third-order valence-corrected chi connectivity index (χ3v) is 5.41. The Hall–Kier alpha value is -1.26. The van der Waals surface area contributed by atoms with Gasteiger partial charge in [0.05, 0.1) is 0 Å². The number of likely N-dealkylation sites (tertiary alicyclic amines) is 1. The highest BCUT2D eigenvalue weighted by molar-refractivity contribution is 6.30. The van der Waals surface area contributed by atoms with Crippen LogP contribution in [0.4, 0.5) is 5.69 Å². The number of piperidine rings is 1. The topological polar surface area (TPSA) is 26.8 Å². The molecule has 1 amide bonds. The maximum atomic E-state index is 12.7. The molecule has 2 saturated heterocycles. The number of carbonyl (C=O) groups excluding carboxylic acids is 1. The van der Waals surface area contributed by atoms with Crippen molar-refractivity contribution in [3.05, 3.63) is 28.8 Å². The first-order valence-electron chi connectivity index (χ1n) is 8.53. The number of piperazine rings is 1. The summed E-state index contributed by atoms with van der Waals surface area (Å²) in [5.41, 5.74) is 2.44. The summed E-state index contributed by atoms with van der Waals surface area (Å²) in [6.45, 7) is 7.60. The van der Waals surface area contributed by atoms with Crippen LogP contribution in [0.5, 0.6) is 0 Å². The summed E-state index contributed by atoms with van der Waals surface area (Å²) in [5, 5.41) is 0.774. The molecule has 1 aromatic carbocycles. The number of halogens is 1. The number of rotatable bonds is 2. The summed E-state index contributed by atoms with van der Waals surface area (Å²) in [5.74, 6) is 0.589. The maximum absolute atomic E-state index is 12.7. The van der Waals surface area contributed by atoms with Crippen LogP contribution in [0.2, 0.25) is 5.02 Å². The molecule has 5 heteroatoms. The number of benzene rings is 1. The lowest BCUT2D eigenvalue weighted by atomic mass is 9.95. The van der Waals surface area contributed by atoms with Crippen molar-refractivity contribution < 1.29 is 4.79 Å². The van der Waals surface area contributed by atoms with E-state index in [0.717, 1.165) is 57.1 Å². The summed E-state index contributed by atoms with van der Waals surface area (Å²) in [7, 11) is 2.13. The van der Waals surface area contributed by atoms with Gasteiger partial charge in [-0.1, -0.05) is 17.7 Å². The van der Waals surface area contributed by atoms with Crippen molar-refractivity contribution in [3.63, 3.8) is 0 Å². The third-order valence-electron chi connectivity index (χ3n) is 5.17. The van der Waals surface area contributed by atoms with Crippen molar-refractivity contribution in [1.29, 1.82) is 0 Å². The monoisotopic (exact) mass is 335 g/mol. The van der Waals surface area contributed by atoms with Crippen LogP contribution in [0.15, 0.2) is 18.2 Å². The van der Waals surface area contributed by atoms with E-state index >= 15 is 0 Å². The van der Waals surface area contributed by atoms with E-state index in [2.05, 4.69) is 34.7 Å². The Morgan fingerprint density at radius 2 is 1.74 bits per heavy atom. The Kier molecular flexibility index (Phi) is 5.12.